The standard InChI is InChI=1S/C42H58N10O16/c53-27-67-26-52-20-18-49(14-15-50(24-37(58)59)16-17-51(19-21-52)25-38(60)61)23-34(55)44-22-29-7-9-30(10-8-29)39(62)47-33-5-3-4-31(45-33)40(63)43-13-2-1-6-35(68-28-54)48-42(66)46-32(41(64)65)11-12-36(56)57/h3-5,7-10,27-28,32,35H,1-2,6,11-26H2,(H,43,63)(H,44,55)(H,56,57)(H,58,59)(H,60,61)(H,64,65)(H,45,47,62)(H2,46,48,66)/t32-,35+/m0/s1. The minimum absolute atomic E-state index is 0.00385. The Balaban J connectivity index is 1.48. The number of hydrogen-bond acceptors (Lipinski definition) is 17. The van der Waals surface area contributed by atoms with Crippen molar-refractivity contribution in [1.82, 2.24) is 45.9 Å². The second-order valence-electron chi connectivity index (χ2n) is 15.4. The summed E-state index contributed by atoms with van der Waals surface area (Å²) in [7, 11) is 0. The molecule has 26 nitrogen and oxygen atoms in total. The van der Waals surface area contributed by atoms with Gasteiger partial charge in [-0.1, -0.05) is 18.2 Å². The summed E-state index contributed by atoms with van der Waals surface area (Å²) >= 11 is 0. The number of carboxylic acids is 4. The zero-order valence-electron chi connectivity index (χ0n) is 37.2. The van der Waals surface area contributed by atoms with Gasteiger partial charge < -0.3 is 56.5 Å². The molecule has 1 saturated heterocycles. The molecular weight excluding hydrogens is 901 g/mol. The molecule has 0 unspecified atom stereocenters. The average molecular weight is 959 g/mol. The molecule has 0 spiro atoms. The highest BCUT2D eigenvalue weighted by atomic mass is 16.5. The lowest BCUT2D eigenvalue weighted by Crippen LogP contribution is -2.49. The minimum atomic E-state index is -1.49. The van der Waals surface area contributed by atoms with E-state index < -0.39 is 60.4 Å². The topological polar surface area (TPSA) is 356 Å². The number of amides is 5. The maximum absolute atomic E-state index is 13.1. The summed E-state index contributed by atoms with van der Waals surface area (Å²) in [4.78, 5) is 130. The summed E-state index contributed by atoms with van der Waals surface area (Å²) in [6, 6.07) is 8.41. The van der Waals surface area contributed by atoms with Gasteiger partial charge in [-0.25, -0.2) is 14.6 Å². The first-order chi connectivity index (χ1) is 32.5. The van der Waals surface area contributed by atoms with Crippen LogP contribution in [0.2, 0.25) is 0 Å². The van der Waals surface area contributed by atoms with Gasteiger partial charge in [0.15, 0.2) is 6.23 Å². The number of nitrogens with one attached hydrogen (secondary N) is 5. The fraction of sp³-hybridized carbons (Fsp3) is 0.500. The third kappa shape index (κ3) is 22.3. The summed E-state index contributed by atoms with van der Waals surface area (Å²) in [5.41, 5.74) is 0.951. The van der Waals surface area contributed by atoms with Crippen LogP contribution in [0.25, 0.3) is 0 Å². The Kier molecular flexibility index (Phi) is 24.4. The van der Waals surface area contributed by atoms with Crippen LogP contribution in [0.5, 0.6) is 0 Å². The van der Waals surface area contributed by atoms with Crippen LogP contribution >= 0.6 is 0 Å². The Labute approximate surface area is 390 Å². The Morgan fingerprint density at radius 2 is 1.26 bits per heavy atom. The molecule has 1 fully saturated rings. The Morgan fingerprint density at radius 3 is 1.82 bits per heavy atom. The molecule has 1 aromatic carbocycles. The number of carbonyl (C=O) groups excluding carboxylic acids is 6. The van der Waals surface area contributed by atoms with E-state index in [4.69, 9.17) is 14.6 Å². The van der Waals surface area contributed by atoms with Crippen molar-refractivity contribution >= 4 is 66.4 Å². The molecule has 26 heteroatoms. The molecule has 0 saturated carbocycles. The third-order valence-corrected chi connectivity index (χ3v) is 10.2. The molecule has 1 aliphatic rings. The van der Waals surface area contributed by atoms with Gasteiger partial charge in [-0.3, -0.25) is 58.0 Å². The van der Waals surface area contributed by atoms with Crippen LogP contribution in [-0.2, 0) is 49.6 Å². The maximum Gasteiger partial charge on any atom is 0.326 e. The molecule has 3 rings (SSSR count). The number of rotatable bonds is 27. The summed E-state index contributed by atoms with van der Waals surface area (Å²) in [5, 5.41) is 49.5. The van der Waals surface area contributed by atoms with Gasteiger partial charge in [0.1, 0.15) is 24.3 Å². The molecule has 2 heterocycles. The van der Waals surface area contributed by atoms with E-state index in [1.165, 1.54) is 18.2 Å². The second kappa shape index (κ2) is 30.1. The van der Waals surface area contributed by atoms with Crippen molar-refractivity contribution in [1.29, 1.82) is 0 Å². The van der Waals surface area contributed by atoms with Crippen LogP contribution in [0.1, 0.15) is 58.5 Å². The molecule has 9 N–H and O–H groups in total. The van der Waals surface area contributed by atoms with E-state index in [0.29, 0.717) is 57.6 Å². The highest BCUT2D eigenvalue weighted by Gasteiger charge is 2.24. The van der Waals surface area contributed by atoms with Crippen LogP contribution in [-0.4, -0.2) is 203 Å². The number of carboxylic acid groups (broad SMARTS) is 4. The molecule has 68 heavy (non-hydrogen) atoms. The SMILES string of the molecule is O=COCN1CCN(CC(=O)O)CCN(CC(=O)O)CCN(CC(=O)NCc2ccc(C(=O)Nc3cccc(C(=O)NCCCC[C@H](NC(=O)N[C@@H](CCC(=O)O)C(=O)O)OC=O)n3)cc2)CC1. The predicted octanol–water partition coefficient (Wildman–Crippen LogP) is -1.51. The van der Waals surface area contributed by atoms with Crippen molar-refractivity contribution in [3.63, 3.8) is 0 Å². The van der Waals surface area contributed by atoms with Crippen LogP contribution in [0.15, 0.2) is 42.5 Å². The smallest absolute Gasteiger partial charge is 0.326 e. The van der Waals surface area contributed by atoms with E-state index in [0.717, 1.165) is 0 Å². The molecule has 2 atom stereocenters. The van der Waals surface area contributed by atoms with Gasteiger partial charge in [0.2, 0.25) is 5.91 Å². The lowest BCUT2D eigenvalue weighted by molar-refractivity contribution is -0.141. The van der Waals surface area contributed by atoms with E-state index in [-0.39, 0.29) is 101 Å². The monoisotopic (exact) mass is 958 g/mol. The first kappa shape index (κ1) is 55.0. The van der Waals surface area contributed by atoms with Crippen LogP contribution in [0.3, 0.4) is 0 Å². The van der Waals surface area contributed by atoms with Crippen molar-refractivity contribution < 1.29 is 77.8 Å². The molecule has 2 aromatic rings. The van der Waals surface area contributed by atoms with Gasteiger partial charge in [-0.15, -0.1) is 0 Å². The molecule has 1 aromatic heterocycles. The third-order valence-electron chi connectivity index (χ3n) is 10.2. The van der Waals surface area contributed by atoms with Crippen molar-refractivity contribution in [2.24, 2.45) is 0 Å². The zero-order valence-corrected chi connectivity index (χ0v) is 37.2. The highest BCUT2D eigenvalue weighted by molar-refractivity contribution is 6.04. The molecule has 0 bridgehead atoms. The fourth-order valence-corrected chi connectivity index (χ4v) is 6.61. The van der Waals surface area contributed by atoms with Crippen LogP contribution in [0.4, 0.5) is 10.6 Å². The highest BCUT2D eigenvalue weighted by Crippen LogP contribution is 2.11. The maximum atomic E-state index is 13.1. The van der Waals surface area contributed by atoms with E-state index in [1.807, 2.05) is 9.80 Å². The Morgan fingerprint density at radius 1 is 0.662 bits per heavy atom. The van der Waals surface area contributed by atoms with Gasteiger partial charge in [-0.05, 0) is 49.1 Å². The fourth-order valence-electron chi connectivity index (χ4n) is 6.61. The minimum Gasteiger partial charge on any atom is -0.481 e. The molecule has 0 aliphatic carbocycles. The number of unbranched alkanes of at least 4 members (excludes halogenated alkanes) is 1. The number of anilines is 1. The Hall–Kier alpha value is -7.29. The van der Waals surface area contributed by atoms with Crippen molar-refractivity contribution in [2.75, 3.05) is 90.6 Å². The van der Waals surface area contributed by atoms with E-state index in [9.17, 15) is 63.3 Å². The number of nitrogens with zero attached hydrogens (tertiary/aromatic N) is 5. The normalized spacial score (nSPS) is 15.1. The van der Waals surface area contributed by atoms with Crippen molar-refractivity contribution in [3.05, 3.63) is 59.3 Å². The van der Waals surface area contributed by atoms with E-state index in [2.05, 4.69) is 31.6 Å². The van der Waals surface area contributed by atoms with Crippen LogP contribution in [0, 0.1) is 0 Å². The average Bonchev–Trinajstić information content (AvgIpc) is 3.28. The van der Waals surface area contributed by atoms with Gasteiger partial charge >= 0.3 is 29.9 Å². The first-order valence-electron chi connectivity index (χ1n) is 21.5. The van der Waals surface area contributed by atoms with Gasteiger partial charge in [0, 0.05) is 83.9 Å². The predicted molar refractivity (Wildman–Crippen MR) is 236 cm³/mol. The number of aromatic nitrogens is 1. The van der Waals surface area contributed by atoms with Gasteiger partial charge in [-0.2, -0.15) is 0 Å². The number of pyridine rings is 1. The van der Waals surface area contributed by atoms with Crippen molar-refractivity contribution in [3.8, 4) is 0 Å². The quantitative estimate of drug-likeness (QED) is 0.0279. The molecule has 5 amide bonds. The lowest BCUT2D eigenvalue weighted by Gasteiger charge is -2.32. The summed E-state index contributed by atoms with van der Waals surface area (Å²) in [6.07, 6.45) is -1.19. The summed E-state index contributed by atoms with van der Waals surface area (Å²) in [5.74, 6) is -6.04. The second-order valence-corrected chi connectivity index (χ2v) is 15.4. The lowest BCUT2D eigenvalue weighted by atomic mass is 10.1. The molecule has 372 valence electrons. The number of hydrogen-bond donors (Lipinski definition) is 9. The molecule has 1 aliphatic heterocycles. The first-order valence-corrected chi connectivity index (χ1v) is 21.5. The van der Waals surface area contributed by atoms with Gasteiger partial charge in [0.05, 0.1) is 19.6 Å². The number of carbonyl (C=O) groups is 10. The van der Waals surface area contributed by atoms with Crippen molar-refractivity contribution in [2.45, 2.75) is 50.9 Å². The Bertz CT molecular complexity index is 2030. The molecule has 0 radical (unpaired) electrons. The number of ether oxygens (including phenoxy) is 2. The molecular formula is C42H58N10O16. The largest absolute Gasteiger partial charge is 0.481 e. The van der Waals surface area contributed by atoms with E-state index in [1.54, 1.807) is 34.1 Å². The summed E-state index contributed by atoms with van der Waals surface area (Å²) in [6.45, 7) is 2.70. The van der Waals surface area contributed by atoms with Gasteiger partial charge in [0.25, 0.3) is 24.8 Å². The van der Waals surface area contributed by atoms with Crippen LogP contribution < -0.4 is 26.6 Å². The number of benzene rings is 1. The zero-order chi connectivity index (χ0) is 49.8. The number of urea groups is 1. The van der Waals surface area contributed by atoms with E-state index >= 15 is 0 Å². The number of aliphatic carboxylic acids is 4. The summed E-state index contributed by atoms with van der Waals surface area (Å²) < 4.78 is 9.80.